The lowest BCUT2D eigenvalue weighted by molar-refractivity contribution is -0.218. The highest BCUT2D eigenvalue weighted by atomic mass is 35.5. The number of fused-ring (bicyclic) bond motifs is 10. The topological polar surface area (TPSA) is 644 Å². The average molecular weight is 2190 g/mol. The number of benzene rings is 1. The van der Waals surface area contributed by atoms with E-state index in [1.807, 2.05) is 0 Å². The van der Waals surface area contributed by atoms with Crippen LogP contribution in [0.5, 0.6) is 0 Å². The largest absolute Gasteiger partial charge is 0.539 e. The number of β-lactam (4-membered cyclic amide) rings is 3. The number of halogens is 1. The number of Topliss-reactive ketones (excluding diaryl/α,β-unsaturated/α-hetero) is 3. The summed E-state index contributed by atoms with van der Waals surface area (Å²) in [6.45, 7) is 7.69. The Labute approximate surface area is 879 Å². The maximum Gasteiger partial charge on any atom is 0.378 e. The van der Waals surface area contributed by atoms with Crippen LogP contribution >= 0.6 is 80.5 Å². The van der Waals surface area contributed by atoms with E-state index < -0.39 is 168 Å². The van der Waals surface area contributed by atoms with Gasteiger partial charge in [-0.15, -0.1) is 85.5 Å². The van der Waals surface area contributed by atoms with E-state index in [0.717, 1.165) is 47.8 Å². The number of imide groups is 1. The highest BCUT2D eigenvalue weighted by Crippen LogP contribution is 2.56. The Morgan fingerprint density at radius 2 is 0.799 bits per heavy atom. The molecule has 10 aliphatic heterocycles. The van der Waals surface area contributed by atoms with Crippen molar-refractivity contribution < 1.29 is 144 Å². The SMILES string of the molecule is Cc1nc(/C(=N/OCc2ccncc2)C(=O)O)cs1.Cc1nc(C(=O)C(=O)O)cs1.N.O=C1c2ccccc2C(=O)N1OCc1ccncc1.OCc1ccncc1.[B]OC(=O)[C@]12OC(=O)C[C@H]1CS[C@@H]1[C@H](CC(=O)/C(=N\OCc3ccncc3)c3csc(C)n3)C(=O)N12.[B]OC(=O)[C@]12OC(=O)C[C@H]1CS[C@@H]1[C@H](Cl)C(=O)N12.[B]OC(=O)[C@]12OC(=O)C[C@H]1C[S@](=O)[C@@H]1[C@H](CC(=O)/C(=N\OCc3ccncc3)c3csc(C)n3)C(=O)N12. The minimum Gasteiger partial charge on any atom is -0.539 e. The molecule has 0 aliphatic carbocycles. The van der Waals surface area contributed by atoms with E-state index >= 15 is 0 Å². The molecule has 0 spiro atoms. The van der Waals surface area contributed by atoms with Crippen LogP contribution in [0.3, 0.4) is 0 Å². The van der Waals surface area contributed by atoms with Crippen LogP contribution < -0.4 is 6.15 Å². The van der Waals surface area contributed by atoms with Gasteiger partial charge in [0, 0.05) is 136 Å². The molecule has 58 heteroatoms. The van der Waals surface area contributed by atoms with Gasteiger partial charge in [-0.25, -0.2) is 43.9 Å². The van der Waals surface area contributed by atoms with Crippen molar-refractivity contribution >= 4 is 227 Å². The number of pyridine rings is 5. The van der Waals surface area contributed by atoms with Gasteiger partial charge in [0.25, 0.3) is 34.8 Å². The van der Waals surface area contributed by atoms with Gasteiger partial charge in [-0.3, -0.25) is 101 Å². The van der Waals surface area contributed by atoms with Crippen molar-refractivity contribution in [2.45, 2.75) is 132 Å². The molecule has 19 heterocycles. The third-order valence-corrected chi connectivity index (χ3v) is 31.6. The molecule has 10 aliphatic rings. The van der Waals surface area contributed by atoms with Crippen LogP contribution in [0.15, 0.2) is 184 Å². The van der Waals surface area contributed by atoms with E-state index in [-0.39, 0.29) is 111 Å². The zero-order chi connectivity index (χ0) is 106. The summed E-state index contributed by atoms with van der Waals surface area (Å²) < 4.78 is 41.7. The van der Waals surface area contributed by atoms with Crippen molar-refractivity contribution in [1.29, 1.82) is 0 Å². The number of hydrogen-bond acceptors (Lipinski definition) is 47. The molecule has 149 heavy (non-hydrogen) atoms. The van der Waals surface area contributed by atoms with Crippen LogP contribution in [-0.4, -0.2) is 276 Å². The number of oxime groups is 3. The fourth-order valence-electron chi connectivity index (χ4n) is 16.2. The number of amides is 5. The van der Waals surface area contributed by atoms with Crippen LogP contribution in [0.4, 0.5) is 0 Å². The predicted molar refractivity (Wildman–Crippen MR) is 527 cm³/mol. The van der Waals surface area contributed by atoms with Crippen LogP contribution in [-0.2, 0) is 154 Å². The van der Waals surface area contributed by atoms with E-state index in [1.54, 1.807) is 191 Å². The van der Waals surface area contributed by atoms with Gasteiger partial charge < -0.3 is 64.2 Å². The molecule has 9 saturated heterocycles. The molecular formula is C91H81B3ClN17O30S7. The highest BCUT2D eigenvalue weighted by Gasteiger charge is 2.75. The lowest BCUT2D eigenvalue weighted by atomic mass is 9.84. The number of hydroxylamine groups is 2. The fourth-order valence-corrected chi connectivity index (χ4v) is 24.2. The number of thioether (sulfide) groups is 2. The summed E-state index contributed by atoms with van der Waals surface area (Å²) in [5.74, 6) is -15.0. The van der Waals surface area contributed by atoms with Crippen molar-refractivity contribution in [3.05, 3.63) is 250 Å². The molecule has 6 radical (unpaired) electrons. The number of rotatable bonds is 28. The Morgan fingerprint density at radius 1 is 0.456 bits per heavy atom. The Bertz CT molecular complexity index is 6820. The number of carbonyl (C=O) groups is 16. The predicted octanol–water partition coefficient (Wildman–Crippen LogP) is 5.81. The summed E-state index contributed by atoms with van der Waals surface area (Å²) in [6.07, 6.45) is 15.5. The summed E-state index contributed by atoms with van der Waals surface area (Å²) in [6, 6.07) is 24.3. The lowest BCUT2D eigenvalue weighted by Gasteiger charge is -2.57. The maximum atomic E-state index is 13.4. The molecule has 0 bridgehead atoms. The molecule has 0 unspecified atom stereocenters. The number of thiazole rings is 4. The van der Waals surface area contributed by atoms with Gasteiger partial charge in [0.2, 0.25) is 23.4 Å². The number of carboxylic acid groups (broad SMARTS) is 2. The number of carboxylic acids is 2. The number of aryl methyl sites for hydroxylation is 4. The van der Waals surface area contributed by atoms with Crippen molar-refractivity contribution in [3.8, 4) is 0 Å². The lowest BCUT2D eigenvalue weighted by Crippen LogP contribution is -2.78. The highest BCUT2D eigenvalue weighted by molar-refractivity contribution is 8.00. The molecule has 13 atom stereocenters. The Kier molecular flexibility index (Phi) is 37.4. The molecule has 5 amide bonds. The van der Waals surface area contributed by atoms with Crippen LogP contribution in [0.25, 0.3) is 0 Å². The van der Waals surface area contributed by atoms with Gasteiger partial charge in [0.15, 0.2) is 23.0 Å². The van der Waals surface area contributed by atoms with Gasteiger partial charge in [0.1, 0.15) is 65.3 Å². The number of aromatic nitrogens is 9. The third kappa shape index (κ3) is 24.5. The van der Waals surface area contributed by atoms with E-state index in [2.05, 4.69) is 74.3 Å². The first-order chi connectivity index (χ1) is 71.1. The van der Waals surface area contributed by atoms with Crippen molar-refractivity contribution in [1.82, 2.24) is 70.8 Å². The molecule has 9 aromatic heterocycles. The molecule has 9 fully saturated rings. The summed E-state index contributed by atoms with van der Waals surface area (Å²) in [5, 5.41) is 45.0. The van der Waals surface area contributed by atoms with Gasteiger partial charge in [-0.1, -0.05) is 27.6 Å². The summed E-state index contributed by atoms with van der Waals surface area (Å²) in [5.41, 5.74) is -0.0759. The van der Waals surface area contributed by atoms with Gasteiger partial charge in [-0.2, -0.15) is 0 Å². The zero-order valence-electron chi connectivity index (χ0n) is 78.2. The number of aliphatic carboxylic acids is 2. The van der Waals surface area contributed by atoms with Crippen molar-refractivity contribution in [3.63, 3.8) is 0 Å². The molecule has 6 N–H and O–H groups in total. The summed E-state index contributed by atoms with van der Waals surface area (Å²) in [4.78, 5) is 254. The number of carbonyl (C=O) groups excluding carboxylic acids is 14. The van der Waals surface area contributed by atoms with Crippen molar-refractivity contribution in [2.75, 3.05) is 17.3 Å². The Balaban J connectivity index is 0.000000152. The molecule has 20 rings (SSSR count). The number of ketones is 3. The van der Waals surface area contributed by atoms with E-state index in [0.29, 0.717) is 44.0 Å². The minimum atomic E-state index is -2.09. The zero-order valence-corrected chi connectivity index (χ0v) is 84.7. The van der Waals surface area contributed by atoms with E-state index in [4.69, 9.17) is 84.6 Å². The number of esters is 3. The number of alkyl halides is 1. The first kappa shape index (κ1) is 112. The number of aliphatic hydroxyl groups is 1. The second kappa shape index (κ2) is 50.0. The number of hydrogen-bond donors (Lipinski definition) is 4. The molecule has 768 valence electrons. The second-order valence-electron chi connectivity index (χ2n) is 32.6. The average Bonchev–Trinajstić information content (AvgIpc) is 1.62. The normalized spacial score (nSPS) is 23.0. The van der Waals surface area contributed by atoms with Gasteiger partial charge in [-0.05, 0) is 128 Å². The first-order valence-electron chi connectivity index (χ1n) is 43.8. The first-order valence-corrected chi connectivity index (χ1v) is 51.2. The quantitative estimate of drug-likeness (QED) is 0.00429. The smallest absolute Gasteiger partial charge is 0.378 e. The molecule has 0 saturated carbocycles. The minimum absolute atomic E-state index is 0. The third-order valence-electron chi connectivity index (χ3n) is 23.2. The second-order valence-corrected chi connectivity index (χ2v) is 41.2. The van der Waals surface area contributed by atoms with Gasteiger partial charge in [0.05, 0.1) is 80.2 Å². The van der Waals surface area contributed by atoms with E-state index in [1.165, 1.54) is 84.1 Å². The standard InChI is InChI=1S/C22H19BN4O8S2.C22H19BN4O7S2.C14H10N2O3.C12H11N3O3S.C9H7BClNO5S.C6H5NO3S.C6H7NO.H3N/c1-11-25-15(9-36-11)18(26-33-8-12-2-4-24-5-3-12)16(28)7-14-19(30)27-20(14)37(32)10-13-6-17(29)34-22(13,27)21(31)35-23;1-11-25-15(10-35-11)18(26-32-8-12-2-4-24-5-3-12)16(28)7-14-19(30)27-20(14)36-9-13-6-17(29)33-22(13,27)21(31)34-23;17-13-11-3-1-2-4-12(11)14(18)16(13)19-9-10-5-7-15-8-6-10;1-8-14-10(7-19-8)11(12(16)17)15-18-6-9-2-4-13-5-3-9;10-17-8(15)9-3(1-4(13)16-9)2-18-7-5(11)6(14)12(7)9;1-3-7-4(2-11-3)5(8)6(9)10;8-5-6-1-3-7-4-2-6;/h2-5,9,13-14,20H,6-8,10H2,1H3;2-5,10,13-14,20H,6-9H2,1H3;1-8H,9H2;2-5,7H,6H2,1H3,(H,16,17);3,5,7H,1-2H2;2H,1H3,(H,9,10);1-4,8H,5H2;1H3/b2*26-18-;;15-11-;;;;/t13-,14+,20+,22+,37-;13-,14+,20+,22+;;;3-,5+,7+,9+;;;/m00..0.../s1. The number of nitrogens with zero attached hydrogens (tertiary/aromatic N) is 16. The molecule has 10 aromatic rings. The monoisotopic (exact) mass is 2180 g/mol. The fraction of sp³-hybridized carbons (Fsp3) is 0.319. The number of aliphatic hydroxyl groups excluding tert-OH is 1. The molecule has 47 nitrogen and oxygen atoms in total. The Hall–Kier alpha value is -14.6. The van der Waals surface area contributed by atoms with Crippen LogP contribution in [0, 0.1) is 57.3 Å². The van der Waals surface area contributed by atoms with Gasteiger partial charge >= 0.3 is 71.9 Å². The molecule has 1 aromatic carbocycles. The molecular weight excluding hydrogens is 2100 g/mol. The van der Waals surface area contributed by atoms with E-state index in [9.17, 15) is 80.9 Å². The number of ether oxygens (including phenoxy) is 3. The summed E-state index contributed by atoms with van der Waals surface area (Å²) >= 11 is 14.0. The van der Waals surface area contributed by atoms with Crippen LogP contribution in [0.2, 0.25) is 0 Å². The maximum absolute atomic E-state index is 13.4. The summed E-state index contributed by atoms with van der Waals surface area (Å²) in [7, 11) is 13.4. The van der Waals surface area contributed by atoms with Crippen LogP contribution in [0.1, 0.15) is 128 Å². The Morgan fingerprint density at radius 3 is 1.17 bits per heavy atom. The van der Waals surface area contributed by atoms with Crippen molar-refractivity contribution in [2.24, 2.45) is 45.1 Å².